The van der Waals surface area contributed by atoms with E-state index in [0.717, 1.165) is 0 Å². The van der Waals surface area contributed by atoms with Gasteiger partial charge in [0.2, 0.25) is 0 Å². The van der Waals surface area contributed by atoms with Crippen LogP contribution >= 0.6 is 0 Å². The molecule has 0 aliphatic heterocycles. The van der Waals surface area contributed by atoms with Crippen LogP contribution in [0.1, 0.15) is 19.4 Å². The van der Waals surface area contributed by atoms with Crippen molar-refractivity contribution in [3.05, 3.63) is 35.1 Å². The van der Waals surface area contributed by atoms with Crippen LogP contribution in [0.25, 0.3) is 0 Å². The molecule has 0 radical (unpaired) electrons. The number of halogens is 3. The van der Waals surface area contributed by atoms with Gasteiger partial charge in [0.1, 0.15) is 23.3 Å². The number of nitrogens with zero attached hydrogens (tertiary/aromatic N) is 1. The average Bonchev–Trinajstić information content (AvgIpc) is 2.17. The van der Waals surface area contributed by atoms with Crippen molar-refractivity contribution < 1.29 is 13.2 Å². The van der Waals surface area contributed by atoms with Crippen molar-refractivity contribution >= 4 is 5.84 Å². The Balaban J connectivity index is 3.18. The SMILES string of the molecule is CCN(CC)C(=N)c1c(F)cc(F)cc1F. The van der Waals surface area contributed by atoms with Crippen molar-refractivity contribution in [1.29, 1.82) is 5.41 Å². The van der Waals surface area contributed by atoms with Gasteiger partial charge in [0.15, 0.2) is 0 Å². The predicted molar refractivity (Wildman–Crippen MR) is 56.1 cm³/mol. The van der Waals surface area contributed by atoms with Gasteiger partial charge in [0.25, 0.3) is 0 Å². The van der Waals surface area contributed by atoms with E-state index in [2.05, 4.69) is 0 Å². The van der Waals surface area contributed by atoms with Crippen LogP contribution in [0.2, 0.25) is 0 Å². The first-order valence-electron chi connectivity index (χ1n) is 4.99. The van der Waals surface area contributed by atoms with Gasteiger partial charge >= 0.3 is 0 Å². The molecule has 0 aliphatic carbocycles. The van der Waals surface area contributed by atoms with Gasteiger partial charge in [0, 0.05) is 25.2 Å². The van der Waals surface area contributed by atoms with Crippen LogP contribution in [0.3, 0.4) is 0 Å². The minimum absolute atomic E-state index is 0.264. The largest absolute Gasteiger partial charge is 0.357 e. The fourth-order valence-electron chi connectivity index (χ4n) is 1.47. The normalized spacial score (nSPS) is 10.3. The van der Waals surface area contributed by atoms with Crippen molar-refractivity contribution in [3.8, 4) is 0 Å². The molecule has 0 atom stereocenters. The third-order valence-corrected chi connectivity index (χ3v) is 2.32. The molecule has 2 nitrogen and oxygen atoms in total. The van der Waals surface area contributed by atoms with Crippen molar-refractivity contribution in [2.24, 2.45) is 0 Å². The molecule has 1 aromatic rings. The van der Waals surface area contributed by atoms with Crippen molar-refractivity contribution in [1.82, 2.24) is 4.90 Å². The molecule has 0 bridgehead atoms. The number of hydrogen-bond acceptors (Lipinski definition) is 1. The maximum absolute atomic E-state index is 13.3. The molecule has 0 fully saturated rings. The lowest BCUT2D eigenvalue weighted by Gasteiger charge is -2.22. The Labute approximate surface area is 92.2 Å². The third kappa shape index (κ3) is 2.35. The first kappa shape index (κ1) is 12.5. The van der Waals surface area contributed by atoms with Crippen LogP contribution in [0.4, 0.5) is 13.2 Å². The van der Waals surface area contributed by atoms with Crippen molar-refractivity contribution in [2.75, 3.05) is 13.1 Å². The lowest BCUT2D eigenvalue weighted by Crippen LogP contribution is -2.32. The Kier molecular flexibility index (Phi) is 3.93. The van der Waals surface area contributed by atoms with E-state index in [-0.39, 0.29) is 5.84 Å². The molecule has 0 saturated heterocycles. The standard InChI is InChI=1S/C11H13F3N2/c1-3-16(4-2)11(15)10-8(13)5-7(12)6-9(10)14/h5-6,15H,3-4H2,1-2H3. The van der Waals surface area contributed by atoms with E-state index in [1.807, 2.05) is 0 Å². The van der Waals surface area contributed by atoms with Gasteiger partial charge in [-0.2, -0.15) is 0 Å². The molecule has 0 aliphatic rings. The summed E-state index contributed by atoms with van der Waals surface area (Å²) in [6.07, 6.45) is 0. The number of amidine groups is 1. The fourth-order valence-corrected chi connectivity index (χ4v) is 1.47. The summed E-state index contributed by atoms with van der Waals surface area (Å²) in [6, 6.07) is 1.16. The molecule has 1 N–H and O–H groups in total. The topological polar surface area (TPSA) is 27.1 Å². The molecule has 1 rings (SSSR count). The number of nitrogens with one attached hydrogen (secondary N) is 1. The molecule has 5 heteroatoms. The summed E-state index contributed by atoms with van der Waals surface area (Å²) >= 11 is 0. The molecular weight excluding hydrogens is 217 g/mol. The van der Waals surface area contributed by atoms with Gasteiger partial charge in [0.05, 0.1) is 5.56 Å². The smallest absolute Gasteiger partial charge is 0.140 e. The zero-order valence-electron chi connectivity index (χ0n) is 9.15. The van der Waals surface area contributed by atoms with Crippen LogP contribution in [0.5, 0.6) is 0 Å². The van der Waals surface area contributed by atoms with Crippen LogP contribution < -0.4 is 0 Å². The summed E-state index contributed by atoms with van der Waals surface area (Å²) < 4.78 is 39.4. The van der Waals surface area contributed by atoms with Gasteiger partial charge < -0.3 is 4.90 Å². The summed E-state index contributed by atoms with van der Waals surface area (Å²) in [6.45, 7) is 4.48. The Morgan fingerprint density at radius 2 is 1.56 bits per heavy atom. The van der Waals surface area contributed by atoms with Crippen LogP contribution in [0, 0.1) is 22.9 Å². The van der Waals surface area contributed by atoms with E-state index in [4.69, 9.17) is 5.41 Å². The van der Waals surface area contributed by atoms with E-state index in [1.54, 1.807) is 13.8 Å². The maximum atomic E-state index is 13.3. The summed E-state index contributed by atoms with van der Waals surface area (Å²) in [7, 11) is 0. The lowest BCUT2D eigenvalue weighted by molar-refractivity contribution is 0.454. The molecule has 0 amide bonds. The predicted octanol–water partition coefficient (Wildman–Crippen LogP) is 2.77. The second-order valence-electron chi connectivity index (χ2n) is 3.27. The van der Waals surface area contributed by atoms with E-state index in [0.29, 0.717) is 25.2 Å². The molecule has 0 aromatic heterocycles. The highest BCUT2D eigenvalue weighted by Gasteiger charge is 2.19. The highest BCUT2D eigenvalue weighted by atomic mass is 19.1. The zero-order valence-corrected chi connectivity index (χ0v) is 9.15. The first-order chi connectivity index (χ1) is 7.51. The molecule has 0 heterocycles. The van der Waals surface area contributed by atoms with Crippen LogP contribution in [0.15, 0.2) is 12.1 Å². The minimum atomic E-state index is -1.05. The number of hydrogen-bond donors (Lipinski definition) is 1. The molecule has 0 saturated carbocycles. The Hall–Kier alpha value is -1.52. The van der Waals surface area contributed by atoms with E-state index in [9.17, 15) is 13.2 Å². The fraction of sp³-hybridized carbons (Fsp3) is 0.364. The number of rotatable bonds is 3. The van der Waals surface area contributed by atoms with Gasteiger partial charge in [-0.15, -0.1) is 0 Å². The molecular formula is C11H13F3N2. The van der Waals surface area contributed by atoms with Crippen LogP contribution in [-0.2, 0) is 0 Å². The summed E-state index contributed by atoms with van der Waals surface area (Å²) in [5, 5.41) is 7.66. The molecule has 0 unspecified atom stereocenters. The molecule has 1 aromatic carbocycles. The summed E-state index contributed by atoms with van der Waals surface area (Å²) in [5.41, 5.74) is -0.481. The molecule has 16 heavy (non-hydrogen) atoms. The number of benzene rings is 1. The van der Waals surface area contributed by atoms with Crippen molar-refractivity contribution in [2.45, 2.75) is 13.8 Å². The monoisotopic (exact) mass is 230 g/mol. The van der Waals surface area contributed by atoms with Gasteiger partial charge in [-0.05, 0) is 13.8 Å². The first-order valence-corrected chi connectivity index (χ1v) is 4.99. The zero-order chi connectivity index (χ0) is 12.3. The van der Waals surface area contributed by atoms with E-state index >= 15 is 0 Å². The van der Waals surface area contributed by atoms with Gasteiger partial charge in [-0.1, -0.05) is 0 Å². The Morgan fingerprint density at radius 1 is 1.12 bits per heavy atom. The second kappa shape index (κ2) is 5.01. The Bertz CT molecular complexity index is 377. The quantitative estimate of drug-likeness (QED) is 0.627. The lowest BCUT2D eigenvalue weighted by atomic mass is 10.1. The second-order valence-corrected chi connectivity index (χ2v) is 3.27. The molecule has 0 spiro atoms. The molecule has 88 valence electrons. The van der Waals surface area contributed by atoms with Crippen molar-refractivity contribution in [3.63, 3.8) is 0 Å². The highest BCUT2D eigenvalue weighted by Crippen LogP contribution is 2.16. The van der Waals surface area contributed by atoms with Gasteiger partial charge in [-0.3, -0.25) is 5.41 Å². The highest BCUT2D eigenvalue weighted by molar-refractivity contribution is 5.96. The van der Waals surface area contributed by atoms with Gasteiger partial charge in [-0.25, -0.2) is 13.2 Å². The van der Waals surface area contributed by atoms with E-state index in [1.165, 1.54) is 4.90 Å². The third-order valence-electron chi connectivity index (χ3n) is 2.32. The summed E-state index contributed by atoms with van der Waals surface area (Å²) in [4.78, 5) is 1.49. The minimum Gasteiger partial charge on any atom is -0.357 e. The summed E-state index contributed by atoms with van der Waals surface area (Å²) in [5.74, 6) is -3.34. The van der Waals surface area contributed by atoms with E-state index < -0.39 is 23.0 Å². The van der Waals surface area contributed by atoms with Crippen LogP contribution in [-0.4, -0.2) is 23.8 Å². The Morgan fingerprint density at radius 3 is 1.94 bits per heavy atom. The maximum Gasteiger partial charge on any atom is 0.140 e. The average molecular weight is 230 g/mol.